The summed E-state index contributed by atoms with van der Waals surface area (Å²) in [5.41, 5.74) is 4.76. The molecule has 4 nitrogen and oxygen atoms in total. The number of Topliss-reactive ketones (excluding diaryl/α,β-unsaturated/α-hetero) is 2. The number of benzene rings is 3. The number of likely N-dealkylation sites (tertiary alicyclic amines) is 1. The molecule has 0 bridgehead atoms. The smallest absolute Gasteiger partial charge is 0.167 e. The molecule has 176 valence electrons. The second kappa shape index (κ2) is 10.9. The van der Waals surface area contributed by atoms with Crippen LogP contribution >= 0.6 is 0 Å². The summed E-state index contributed by atoms with van der Waals surface area (Å²) in [5.74, 6) is -0.774. The molecule has 4 heteroatoms. The Morgan fingerprint density at radius 3 is 1.82 bits per heavy atom. The Balaban J connectivity index is 1.83. The molecule has 0 aliphatic carbocycles. The first-order valence-corrected chi connectivity index (χ1v) is 12.1. The van der Waals surface area contributed by atoms with Crippen molar-refractivity contribution in [1.82, 2.24) is 4.90 Å². The second-order valence-corrected chi connectivity index (χ2v) is 9.33. The summed E-state index contributed by atoms with van der Waals surface area (Å²) in [5, 5.41) is 9.44. The summed E-state index contributed by atoms with van der Waals surface area (Å²) in [6.07, 6.45) is 0.618. The molecule has 34 heavy (non-hydrogen) atoms. The molecule has 0 aromatic heterocycles. The van der Waals surface area contributed by atoms with Gasteiger partial charge in [0, 0.05) is 55.1 Å². The van der Waals surface area contributed by atoms with Crippen LogP contribution in [0.5, 0.6) is 0 Å². The van der Waals surface area contributed by atoms with E-state index in [0.717, 1.165) is 16.7 Å². The lowest BCUT2D eigenvalue weighted by Crippen LogP contribution is -2.50. The average Bonchev–Trinajstić information content (AvgIpc) is 2.89. The molecule has 0 radical (unpaired) electrons. The van der Waals surface area contributed by atoms with E-state index in [-0.39, 0.29) is 35.9 Å². The largest absolute Gasteiger partial charge is 0.396 e. The number of carbonyl (C=O) groups excluding carboxylic acids is 2. The molecular formula is C30H33NO3. The fourth-order valence-corrected chi connectivity index (χ4v) is 5.31. The molecule has 0 saturated carbocycles. The molecule has 1 fully saturated rings. The van der Waals surface area contributed by atoms with Gasteiger partial charge in [0.1, 0.15) is 0 Å². The van der Waals surface area contributed by atoms with Gasteiger partial charge in [-0.25, -0.2) is 0 Å². The maximum atomic E-state index is 13.9. The van der Waals surface area contributed by atoms with Crippen molar-refractivity contribution < 1.29 is 14.7 Å². The Morgan fingerprint density at radius 2 is 1.32 bits per heavy atom. The van der Waals surface area contributed by atoms with Gasteiger partial charge in [-0.1, -0.05) is 78.9 Å². The monoisotopic (exact) mass is 455 g/mol. The minimum absolute atomic E-state index is 0.0751. The molecule has 0 spiro atoms. The zero-order valence-electron chi connectivity index (χ0n) is 20.0. The summed E-state index contributed by atoms with van der Waals surface area (Å²) in [6.45, 7) is 6.07. The normalized spacial score (nSPS) is 20.7. The molecule has 1 saturated heterocycles. The number of rotatable bonds is 8. The van der Waals surface area contributed by atoms with Gasteiger partial charge in [0.15, 0.2) is 11.6 Å². The molecule has 1 aliphatic heterocycles. The van der Waals surface area contributed by atoms with Crippen LogP contribution in [0, 0.1) is 25.7 Å². The van der Waals surface area contributed by atoms with Gasteiger partial charge in [0.2, 0.25) is 0 Å². The number of aliphatic hydroxyl groups is 1. The van der Waals surface area contributed by atoms with Crippen molar-refractivity contribution in [2.24, 2.45) is 11.8 Å². The van der Waals surface area contributed by atoms with Crippen molar-refractivity contribution in [2.45, 2.75) is 26.2 Å². The molecule has 1 heterocycles. The number of nitrogens with zero attached hydrogens (tertiary/aromatic N) is 1. The van der Waals surface area contributed by atoms with Gasteiger partial charge in [0.25, 0.3) is 0 Å². The standard InChI is InChI=1S/C30H33NO3/c1-21-11-9-16-25(22(21)2)28-26(29(33)23-12-5-3-6-13-23)19-31(17-10-18-32)20-27(28)30(34)24-14-7-4-8-15-24/h3-9,11-16,26-28,32H,10,17-20H2,1-2H3. The van der Waals surface area contributed by atoms with Crippen LogP contribution in [0.25, 0.3) is 0 Å². The Morgan fingerprint density at radius 1 is 0.794 bits per heavy atom. The first kappa shape index (κ1) is 24.1. The van der Waals surface area contributed by atoms with Crippen LogP contribution < -0.4 is 0 Å². The van der Waals surface area contributed by atoms with E-state index >= 15 is 0 Å². The zero-order valence-corrected chi connectivity index (χ0v) is 20.0. The summed E-state index contributed by atoms with van der Waals surface area (Å²) >= 11 is 0. The first-order chi connectivity index (χ1) is 16.5. The quantitative estimate of drug-likeness (QED) is 0.481. The molecule has 4 rings (SSSR count). The average molecular weight is 456 g/mol. The van der Waals surface area contributed by atoms with E-state index in [1.165, 1.54) is 0 Å². The van der Waals surface area contributed by atoms with E-state index in [4.69, 9.17) is 0 Å². The van der Waals surface area contributed by atoms with Crippen LogP contribution in [-0.2, 0) is 0 Å². The lowest BCUT2D eigenvalue weighted by molar-refractivity contribution is 0.0559. The Kier molecular flexibility index (Phi) is 7.71. The van der Waals surface area contributed by atoms with Crippen LogP contribution in [0.3, 0.4) is 0 Å². The maximum Gasteiger partial charge on any atom is 0.167 e. The third-order valence-corrected chi connectivity index (χ3v) is 7.21. The number of ketones is 2. The second-order valence-electron chi connectivity index (χ2n) is 9.33. The van der Waals surface area contributed by atoms with Crippen molar-refractivity contribution in [1.29, 1.82) is 0 Å². The van der Waals surface area contributed by atoms with Gasteiger partial charge < -0.3 is 10.0 Å². The first-order valence-electron chi connectivity index (χ1n) is 12.1. The molecule has 2 atom stereocenters. The van der Waals surface area contributed by atoms with Crippen molar-refractivity contribution in [3.63, 3.8) is 0 Å². The number of hydrogen-bond acceptors (Lipinski definition) is 4. The van der Waals surface area contributed by atoms with Crippen molar-refractivity contribution in [2.75, 3.05) is 26.2 Å². The predicted octanol–water partition coefficient (Wildman–Crippen LogP) is 5.08. The molecule has 2 unspecified atom stereocenters. The number of piperidine rings is 1. The van der Waals surface area contributed by atoms with Gasteiger partial charge in [-0.15, -0.1) is 0 Å². The third-order valence-electron chi connectivity index (χ3n) is 7.21. The van der Waals surface area contributed by atoms with Gasteiger partial charge in [-0.2, -0.15) is 0 Å². The van der Waals surface area contributed by atoms with Crippen molar-refractivity contribution >= 4 is 11.6 Å². The number of aliphatic hydroxyl groups excluding tert-OH is 1. The Hall–Kier alpha value is -3.08. The maximum absolute atomic E-state index is 13.9. The van der Waals surface area contributed by atoms with Crippen molar-refractivity contribution in [3.8, 4) is 0 Å². The number of aryl methyl sites for hydroxylation is 1. The highest BCUT2D eigenvalue weighted by atomic mass is 16.3. The molecule has 1 N–H and O–H groups in total. The van der Waals surface area contributed by atoms with Gasteiger partial charge >= 0.3 is 0 Å². The minimum Gasteiger partial charge on any atom is -0.396 e. The lowest BCUT2D eigenvalue weighted by atomic mass is 9.67. The van der Waals surface area contributed by atoms with Crippen LogP contribution in [0.15, 0.2) is 78.9 Å². The molecular weight excluding hydrogens is 422 g/mol. The molecule has 1 aliphatic rings. The lowest BCUT2D eigenvalue weighted by Gasteiger charge is -2.43. The Bertz CT molecular complexity index is 1060. The van der Waals surface area contributed by atoms with Crippen molar-refractivity contribution in [3.05, 3.63) is 107 Å². The zero-order chi connectivity index (χ0) is 24.1. The van der Waals surface area contributed by atoms with Gasteiger partial charge in [-0.3, -0.25) is 9.59 Å². The van der Waals surface area contributed by atoms with Crippen LogP contribution in [0.2, 0.25) is 0 Å². The van der Waals surface area contributed by atoms with Gasteiger partial charge in [-0.05, 0) is 37.0 Å². The highest BCUT2D eigenvalue weighted by molar-refractivity contribution is 6.02. The molecule has 3 aromatic carbocycles. The van der Waals surface area contributed by atoms with E-state index in [2.05, 4.69) is 30.9 Å². The number of hydrogen-bond donors (Lipinski definition) is 1. The van der Waals surface area contributed by atoms with Crippen LogP contribution in [0.1, 0.15) is 49.7 Å². The van der Waals surface area contributed by atoms with E-state index in [1.807, 2.05) is 66.7 Å². The molecule has 0 amide bonds. The fraction of sp³-hybridized carbons (Fsp3) is 0.333. The molecule has 3 aromatic rings. The van der Waals surface area contributed by atoms with Crippen LogP contribution in [0.4, 0.5) is 0 Å². The van der Waals surface area contributed by atoms with Crippen LogP contribution in [-0.4, -0.2) is 47.8 Å². The summed E-state index contributed by atoms with van der Waals surface area (Å²) in [7, 11) is 0. The van der Waals surface area contributed by atoms with E-state index in [1.54, 1.807) is 0 Å². The third kappa shape index (κ3) is 5.03. The topological polar surface area (TPSA) is 57.6 Å². The van der Waals surface area contributed by atoms with E-state index in [0.29, 0.717) is 37.2 Å². The summed E-state index contributed by atoms with van der Waals surface area (Å²) in [6, 6.07) is 25.0. The minimum atomic E-state index is -0.354. The number of carbonyl (C=O) groups is 2. The van der Waals surface area contributed by atoms with Gasteiger partial charge in [0.05, 0.1) is 0 Å². The summed E-state index contributed by atoms with van der Waals surface area (Å²) in [4.78, 5) is 30.0. The SMILES string of the molecule is Cc1cccc(C2C(C(=O)c3ccccc3)CN(CCCO)CC2C(=O)c2ccccc2)c1C. The van der Waals surface area contributed by atoms with E-state index in [9.17, 15) is 14.7 Å². The fourth-order valence-electron chi connectivity index (χ4n) is 5.31. The predicted molar refractivity (Wildman–Crippen MR) is 135 cm³/mol. The summed E-state index contributed by atoms with van der Waals surface area (Å²) < 4.78 is 0. The Labute approximate surface area is 202 Å². The highest BCUT2D eigenvalue weighted by Crippen LogP contribution is 2.42. The van der Waals surface area contributed by atoms with E-state index < -0.39 is 0 Å². The highest BCUT2D eigenvalue weighted by Gasteiger charge is 2.45.